The third kappa shape index (κ3) is 1.72. The summed E-state index contributed by atoms with van der Waals surface area (Å²) in [5.41, 5.74) is 11.8. The molecule has 102 valence electrons. The Morgan fingerprint density at radius 1 is 1.30 bits per heavy atom. The normalized spacial score (nSPS) is 17.6. The second-order valence-electron chi connectivity index (χ2n) is 5.56. The molecule has 3 rings (SSSR count). The van der Waals surface area contributed by atoms with Crippen molar-refractivity contribution in [1.29, 1.82) is 5.26 Å². The van der Waals surface area contributed by atoms with Crippen molar-refractivity contribution in [1.82, 2.24) is 4.57 Å². The highest BCUT2D eigenvalue weighted by molar-refractivity contribution is 5.59. The molecule has 0 saturated carbocycles. The summed E-state index contributed by atoms with van der Waals surface area (Å²) in [6, 6.07) is 11.1. The van der Waals surface area contributed by atoms with Crippen LogP contribution in [0, 0.1) is 25.2 Å². The van der Waals surface area contributed by atoms with Crippen LogP contribution >= 0.6 is 0 Å². The fourth-order valence-corrected chi connectivity index (χ4v) is 3.39. The minimum atomic E-state index is 0.265. The van der Waals surface area contributed by atoms with Crippen molar-refractivity contribution in [2.75, 3.05) is 5.73 Å². The zero-order chi connectivity index (χ0) is 14.3. The predicted molar refractivity (Wildman–Crippen MR) is 80.6 cm³/mol. The lowest BCUT2D eigenvalue weighted by Gasteiger charge is -2.29. The van der Waals surface area contributed by atoms with Gasteiger partial charge in [0.1, 0.15) is 11.9 Å². The van der Waals surface area contributed by atoms with Gasteiger partial charge >= 0.3 is 0 Å². The average Bonchev–Trinajstić information content (AvgIpc) is 2.68. The van der Waals surface area contributed by atoms with Gasteiger partial charge in [0.15, 0.2) is 0 Å². The molecular weight excluding hydrogens is 246 g/mol. The Labute approximate surface area is 119 Å². The number of nitriles is 1. The number of nitrogens with two attached hydrogens (primary N) is 1. The highest BCUT2D eigenvalue weighted by atomic mass is 15.1. The molecule has 2 aromatic rings. The minimum Gasteiger partial charge on any atom is -0.384 e. The second-order valence-corrected chi connectivity index (χ2v) is 5.56. The van der Waals surface area contributed by atoms with Gasteiger partial charge < -0.3 is 10.3 Å². The third-order valence-electron chi connectivity index (χ3n) is 4.56. The highest BCUT2D eigenvalue weighted by Crippen LogP contribution is 2.37. The summed E-state index contributed by atoms with van der Waals surface area (Å²) in [4.78, 5) is 0. The largest absolute Gasteiger partial charge is 0.384 e. The van der Waals surface area contributed by atoms with Crippen LogP contribution in [-0.4, -0.2) is 4.57 Å². The Balaban J connectivity index is 2.19. The number of nitrogen functional groups attached to an aromatic ring is 1. The molecule has 0 spiro atoms. The maximum Gasteiger partial charge on any atom is 0.122 e. The quantitative estimate of drug-likeness (QED) is 0.858. The zero-order valence-corrected chi connectivity index (χ0v) is 12.0. The lowest BCUT2D eigenvalue weighted by atomic mass is 9.87. The molecule has 0 saturated heterocycles. The van der Waals surface area contributed by atoms with Gasteiger partial charge in [0.2, 0.25) is 0 Å². The minimum absolute atomic E-state index is 0.265. The average molecular weight is 265 g/mol. The maximum absolute atomic E-state index is 9.29. The standard InChI is InChI=1S/C17H19N3/c1-11-12(2)20(17(19)15(11)10-18)16-9-5-7-13-6-3-4-8-14(13)16/h3-4,6,8,16H,5,7,9,19H2,1-2H3. The topological polar surface area (TPSA) is 54.7 Å². The number of aryl methyl sites for hydroxylation is 1. The van der Waals surface area contributed by atoms with Crippen LogP contribution in [0.5, 0.6) is 0 Å². The Hall–Kier alpha value is -2.21. The van der Waals surface area contributed by atoms with Crippen LogP contribution < -0.4 is 5.73 Å². The smallest absolute Gasteiger partial charge is 0.122 e. The summed E-state index contributed by atoms with van der Waals surface area (Å²) in [6.45, 7) is 4.04. The van der Waals surface area contributed by atoms with Gasteiger partial charge in [-0.05, 0) is 49.8 Å². The second kappa shape index (κ2) is 4.72. The van der Waals surface area contributed by atoms with E-state index in [1.165, 1.54) is 17.5 Å². The molecule has 3 heteroatoms. The Morgan fingerprint density at radius 2 is 2.05 bits per heavy atom. The number of benzene rings is 1. The number of hydrogen-bond acceptors (Lipinski definition) is 2. The first-order valence-corrected chi connectivity index (χ1v) is 7.10. The summed E-state index contributed by atoms with van der Waals surface area (Å²) in [6.07, 6.45) is 3.39. The molecule has 0 bridgehead atoms. The summed E-state index contributed by atoms with van der Waals surface area (Å²) < 4.78 is 2.16. The molecule has 2 N–H and O–H groups in total. The molecule has 1 atom stereocenters. The maximum atomic E-state index is 9.29. The number of fused-ring (bicyclic) bond motifs is 1. The van der Waals surface area contributed by atoms with Crippen molar-refractivity contribution < 1.29 is 0 Å². The van der Waals surface area contributed by atoms with E-state index in [0.29, 0.717) is 11.4 Å². The molecule has 0 aliphatic heterocycles. The molecule has 0 amide bonds. The zero-order valence-electron chi connectivity index (χ0n) is 12.0. The van der Waals surface area contributed by atoms with E-state index in [0.717, 1.165) is 24.1 Å². The number of nitrogens with zero attached hydrogens (tertiary/aromatic N) is 2. The first kappa shape index (κ1) is 12.8. The van der Waals surface area contributed by atoms with Gasteiger partial charge in [-0.15, -0.1) is 0 Å². The summed E-state index contributed by atoms with van der Waals surface area (Å²) in [5.74, 6) is 0.615. The van der Waals surface area contributed by atoms with Crippen LogP contribution in [0.4, 0.5) is 5.82 Å². The molecule has 1 aromatic heterocycles. The fraction of sp³-hybridized carbons (Fsp3) is 0.353. The van der Waals surface area contributed by atoms with Crippen molar-refractivity contribution in [2.45, 2.75) is 39.2 Å². The van der Waals surface area contributed by atoms with Crippen molar-refractivity contribution in [3.05, 3.63) is 52.2 Å². The van der Waals surface area contributed by atoms with Crippen molar-refractivity contribution >= 4 is 5.82 Å². The van der Waals surface area contributed by atoms with Crippen LogP contribution in [0.2, 0.25) is 0 Å². The van der Waals surface area contributed by atoms with E-state index in [-0.39, 0.29) is 6.04 Å². The Kier molecular flexibility index (Phi) is 3.02. The predicted octanol–water partition coefficient (Wildman–Crippen LogP) is 3.48. The highest BCUT2D eigenvalue weighted by Gasteiger charge is 2.26. The fourth-order valence-electron chi connectivity index (χ4n) is 3.39. The molecule has 0 radical (unpaired) electrons. The number of rotatable bonds is 1. The molecule has 1 aliphatic rings. The van der Waals surface area contributed by atoms with Gasteiger partial charge in [0.05, 0.1) is 11.6 Å². The van der Waals surface area contributed by atoms with Gasteiger partial charge in [-0.25, -0.2) is 0 Å². The molecule has 1 aliphatic carbocycles. The number of anilines is 1. The van der Waals surface area contributed by atoms with Crippen LogP contribution in [0.15, 0.2) is 24.3 Å². The van der Waals surface area contributed by atoms with Crippen molar-refractivity contribution in [2.24, 2.45) is 0 Å². The lowest BCUT2D eigenvalue weighted by Crippen LogP contribution is -2.19. The van der Waals surface area contributed by atoms with E-state index in [4.69, 9.17) is 5.73 Å². The van der Waals surface area contributed by atoms with E-state index >= 15 is 0 Å². The van der Waals surface area contributed by atoms with Gasteiger partial charge in [-0.1, -0.05) is 24.3 Å². The van der Waals surface area contributed by atoms with Gasteiger partial charge in [-0.2, -0.15) is 5.26 Å². The molecule has 3 nitrogen and oxygen atoms in total. The van der Waals surface area contributed by atoms with Crippen LogP contribution in [-0.2, 0) is 6.42 Å². The first-order valence-electron chi connectivity index (χ1n) is 7.10. The van der Waals surface area contributed by atoms with E-state index in [2.05, 4.69) is 41.8 Å². The molecule has 1 aromatic carbocycles. The van der Waals surface area contributed by atoms with Gasteiger partial charge in [0, 0.05) is 5.69 Å². The van der Waals surface area contributed by atoms with E-state index in [1.54, 1.807) is 0 Å². The summed E-state index contributed by atoms with van der Waals surface area (Å²) in [7, 11) is 0. The summed E-state index contributed by atoms with van der Waals surface area (Å²) in [5, 5.41) is 9.29. The van der Waals surface area contributed by atoms with Gasteiger partial charge in [-0.3, -0.25) is 0 Å². The molecule has 1 unspecified atom stereocenters. The lowest BCUT2D eigenvalue weighted by molar-refractivity contribution is 0.488. The van der Waals surface area contributed by atoms with Crippen molar-refractivity contribution in [3.8, 4) is 6.07 Å². The van der Waals surface area contributed by atoms with Gasteiger partial charge in [0.25, 0.3) is 0 Å². The van der Waals surface area contributed by atoms with Crippen molar-refractivity contribution in [3.63, 3.8) is 0 Å². The molecular formula is C17H19N3. The van der Waals surface area contributed by atoms with Crippen LogP contribution in [0.3, 0.4) is 0 Å². The molecule has 0 fully saturated rings. The van der Waals surface area contributed by atoms with E-state index in [1.807, 2.05) is 6.92 Å². The monoisotopic (exact) mass is 265 g/mol. The Morgan fingerprint density at radius 3 is 2.75 bits per heavy atom. The van der Waals surface area contributed by atoms with E-state index < -0.39 is 0 Å². The molecule has 20 heavy (non-hydrogen) atoms. The SMILES string of the molecule is Cc1c(C#N)c(N)n(C2CCCc3ccccc32)c1C. The van der Waals surface area contributed by atoms with Crippen LogP contribution in [0.1, 0.15) is 46.8 Å². The van der Waals surface area contributed by atoms with Crippen LogP contribution in [0.25, 0.3) is 0 Å². The molecule has 1 heterocycles. The number of hydrogen-bond donors (Lipinski definition) is 1. The summed E-state index contributed by atoms with van der Waals surface area (Å²) >= 11 is 0. The third-order valence-corrected chi connectivity index (χ3v) is 4.56. The first-order chi connectivity index (χ1) is 9.65. The number of aromatic nitrogens is 1. The Bertz CT molecular complexity index is 704. The van der Waals surface area contributed by atoms with E-state index in [9.17, 15) is 5.26 Å².